The number of aromatic nitrogens is 1. The molecule has 27 heavy (non-hydrogen) atoms. The number of hydrogen-bond acceptors (Lipinski definition) is 1. The molecule has 4 heteroatoms. The summed E-state index contributed by atoms with van der Waals surface area (Å²) in [5, 5.41) is 0. The standard InChI is InChI=1S/C23H25FN2O/c1-3-4-10-20-22(18-11-13-19(24)14-12-18)21(23(25)27)16(2)26(20)15-17-8-6-5-7-9-17/h5-9,11-14H,3-4,10,15H2,1-2H3,(H2,25,27). The summed E-state index contributed by atoms with van der Waals surface area (Å²) in [5.74, 6) is -0.744. The summed E-state index contributed by atoms with van der Waals surface area (Å²) in [6, 6.07) is 16.4. The molecule has 1 amide bonds. The highest BCUT2D eigenvalue weighted by atomic mass is 19.1. The van der Waals surface area contributed by atoms with E-state index in [0.717, 1.165) is 47.3 Å². The number of primary amides is 1. The van der Waals surface area contributed by atoms with Crippen LogP contribution in [0.15, 0.2) is 54.6 Å². The normalized spacial score (nSPS) is 10.9. The van der Waals surface area contributed by atoms with Crippen LogP contribution in [0.4, 0.5) is 4.39 Å². The maximum Gasteiger partial charge on any atom is 0.251 e. The minimum atomic E-state index is -0.448. The first kappa shape index (κ1) is 18.9. The molecule has 0 spiro atoms. The number of carbonyl (C=O) groups excluding carboxylic acids is 1. The average molecular weight is 364 g/mol. The minimum Gasteiger partial charge on any atom is -0.366 e. The Bertz CT molecular complexity index is 927. The molecule has 0 radical (unpaired) electrons. The largest absolute Gasteiger partial charge is 0.366 e. The molecule has 0 atom stereocenters. The smallest absolute Gasteiger partial charge is 0.251 e. The van der Waals surface area contributed by atoms with Gasteiger partial charge in [0.25, 0.3) is 5.91 Å². The van der Waals surface area contributed by atoms with Crippen molar-refractivity contribution in [2.24, 2.45) is 5.73 Å². The predicted molar refractivity (Wildman–Crippen MR) is 107 cm³/mol. The van der Waals surface area contributed by atoms with Crippen LogP contribution in [0.3, 0.4) is 0 Å². The van der Waals surface area contributed by atoms with Gasteiger partial charge < -0.3 is 10.3 Å². The van der Waals surface area contributed by atoms with Crippen molar-refractivity contribution in [1.29, 1.82) is 0 Å². The van der Waals surface area contributed by atoms with Crippen molar-refractivity contribution in [3.8, 4) is 11.1 Å². The van der Waals surface area contributed by atoms with Gasteiger partial charge in [-0.2, -0.15) is 0 Å². The number of carbonyl (C=O) groups is 1. The van der Waals surface area contributed by atoms with E-state index in [9.17, 15) is 9.18 Å². The summed E-state index contributed by atoms with van der Waals surface area (Å²) in [6.45, 7) is 4.75. The monoisotopic (exact) mass is 364 g/mol. The molecule has 2 aromatic carbocycles. The van der Waals surface area contributed by atoms with Gasteiger partial charge in [-0.25, -0.2) is 4.39 Å². The van der Waals surface area contributed by atoms with Crippen molar-refractivity contribution >= 4 is 5.91 Å². The van der Waals surface area contributed by atoms with Gasteiger partial charge in [-0.15, -0.1) is 0 Å². The molecule has 140 valence electrons. The van der Waals surface area contributed by atoms with Crippen molar-refractivity contribution in [2.45, 2.75) is 39.7 Å². The van der Waals surface area contributed by atoms with Crippen LogP contribution >= 0.6 is 0 Å². The number of halogens is 1. The third kappa shape index (κ3) is 3.95. The van der Waals surface area contributed by atoms with Gasteiger partial charge in [-0.3, -0.25) is 4.79 Å². The van der Waals surface area contributed by atoms with Crippen LogP contribution in [0, 0.1) is 12.7 Å². The van der Waals surface area contributed by atoms with Crippen molar-refractivity contribution in [3.63, 3.8) is 0 Å². The van der Waals surface area contributed by atoms with Crippen LogP contribution in [0.1, 0.15) is 47.1 Å². The van der Waals surface area contributed by atoms with Crippen molar-refractivity contribution in [1.82, 2.24) is 4.57 Å². The lowest BCUT2D eigenvalue weighted by molar-refractivity contribution is 0.1000. The number of nitrogens with two attached hydrogens (primary N) is 1. The number of rotatable bonds is 7. The third-order valence-corrected chi connectivity index (χ3v) is 4.96. The SMILES string of the molecule is CCCCc1c(-c2ccc(F)cc2)c(C(N)=O)c(C)n1Cc1ccccc1. The average Bonchev–Trinajstić information content (AvgIpc) is 2.93. The number of nitrogens with zero attached hydrogens (tertiary/aromatic N) is 1. The first-order chi connectivity index (χ1) is 13.0. The van der Waals surface area contributed by atoms with E-state index in [1.165, 1.54) is 12.1 Å². The second kappa shape index (κ2) is 8.21. The van der Waals surface area contributed by atoms with Gasteiger partial charge in [0.2, 0.25) is 0 Å². The van der Waals surface area contributed by atoms with Gasteiger partial charge in [0.05, 0.1) is 5.56 Å². The zero-order valence-corrected chi connectivity index (χ0v) is 15.8. The van der Waals surface area contributed by atoms with Crippen molar-refractivity contribution < 1.29 is 9.18 Å². The van der Waals surface area contributed by atoms with Gasteiger partial charge in [-0.1, -0.05) is 55.8 Å². The topological polar surface area (TPSA) is 48.0 Å². The minimum absolute atomic E-state index is 0.296. The Balaban J connectivity index is 2.21. The Morgan fingerprint density at radius 1 is 1.07 bits per heavy atom. The molecule has 1 aromatic heterocycles. The molecule has 0 bridgehead atoms. The Hall–Kier alpha value is -2.88. The third-order valence-electron chi connectivity index (χ3n) is 4.96. The van der Waals surface area contributed by atoms with Crippen molar-refractivity contribution in [2.75, 3.05) is 0 Å². The van der Waals surface area contributed by atoms with E-state index >= 15 is 0 Å². The van der Waals surface area contributed by atoms with Crippen LogP contribution in [-0.2, 0) is 13.0 Å². The number of hydrogen-bond donors (Lipinski definition) is 1. The zero-order valence-electron chi connectivity index (χ0n) is 15.8. The molecule has 3 rings (SSSR count). The van der Waals surface area contributed by atoms with E-state index in [0.29, 0.717) is 12.1 Å². The molecule has 2 N–H and O–H groups in total. The van der Waals surface area contributed by atoms with Gasteiger partial charge in [0.1, 0.15) is 5.82 Å². The van der Waals surface area contributed by atoms with Crippen LogP contribution in [0.2, 0.25) is 0 Å². The Morgan fingerprint density at radius 2 is 1.74 bits per heavy atom. The highest BCUT2D eigenvalue weighted by molar-refractivity contribution is 6.02. The molecule has 3 nitrogen and oxygen atoms in total. The zero-order chi connectivity index (χ0) is 19.4. The van der Waals surface area contributed by atoms with Gasteiger partial charge in [0.15, 0.2) is 0 Å². The first-order valence-electron chi connectivity index (χ1n) is 9.34. The summed E-state index contributed by atoms with van der Waals surface area (Å²) in [6.07, 6.45) is 2.89. The molecular formula is C23H25FN2O. The second-order valence-electron chi connectivity index (χ2n) is 6.83. The van der Waals surface area contributed by atoms with E-state index in [2.05, 4.69) is 23.6 Å². The number of benzene rings is 2. The molecule has 0 saturated carbocycles. The first-order valence-corrected chi connectivity index (χ1v) is 9.34. The Morgan fingerprint density at radius 3 is 2.33 bits per heavy atom. The van der Waals surface area contributed by atoms with Crippen molar-refractivity contribution in [3.05, 3.63) is 82.9 Å². The molecule has 0 aliphatic heterocycles. The van der Waals surface area contributed by atoms with Gasteiger partial charge >= 0.3 is 0 Å². The van der Waals surface area contributed by atoms with Crippen LogP contribution in [0.25, 0.3) is 11.1 Å². The van der Waals surface area contributed by atoms with E-state index in [-0.39, 0.29) is 5.82 Å². The molecule has 0 fully saturated rings. The second-order valence-corrected chi connectivity index (χ2v) is 6.83. The van der Waals surface area contributed by atoms with Gasteiger partial charge in [0, 0.05) is 23.5 Å². The fourth-order valence-corrected chi connectivity index (χ4v) is 3.61. The van der Waals surface area contributed by atoms with E-state index < -0.39 is 5.91 Å². The number of unbranched alkanes of at least 4 members (excludes halogenated alkanes) is 1. The summed E-state index contributed by atoms with van der Waals surface area (Å²) >= 11 is 0. The quantitative estimate of drug-likeness (QED) is 0.623. The van der Waals surface area contributed by atoms with E-state index in [4.69, 9.17) is 5.73 Å². The summed E-state index contributed by atoms with van der Waals surface area (Å²) in [5.41, 5.74) is 11.1. The maximum absolute atomic E-state index is 13.4. The molecule has 0 aliphatic carbocycles. The molecular weight excluding hydrogens is 339 g/mol. The fraction of sp³-hybridized carbons (Fsp3) is 0.261. The molecule has 0 unspecified atom stereocenters. The maximum atomic E-state index is 13.4. The van der Waals surface area contributed by atoms with Crippen LogP contribution < -0.4 is 5.73 Å². The lowest BCUT2D eigenvalue weighted by Crippen LogP contribution is -2.13. The van der Waals surface area contributed by atoms with Crippen LogP contribution in [-0.4, -0.2) is 10.5 Å². The number of amides is 1. The molecule has 0 aliphatic rings. The Labute approximate surface area is 159 Å². The van der Waals surface area contributed by atoms with E-state index in [1.54, 1.807) is 12.1 Å². The molecule has 1 heterocycles. The lowest BCUT2D eigenvalue weighted by Gasteiger charge is -2.13. The fourth-order valence-electron chi connectivity index (χ4n) is 3.61. The Kier molecular flexibility index (Phi) is 5.75. The highest BCUT2D eigenvalue weighted by Crippen LogP contribution is 2.34. The summed E-state index contributed by atoms with van der Waals surface area (Å²) < 4.78 is 15.6. The summed E-state index contributed by atoms with van der Waals surface area (Å²) in [7, 11) is 0. The van der Waals surface area contributed by atoms with E-state index in [1.807, 2.05) is 25.1 Å². The molecule has 3 aromatic rings. The highest BCUT2D eigenvalue weighted by Gasteiger charge is 2.24. The van der Waals surface area contributed by atoms with Gasteiger partial charge in [-0.05, 0) is 43.0 Å². The summed E-state index contributed by atoms with van der Waals surface area (Å²) in [4.78, 5) is 12.3. The molecule has 0 saturated heterocycles. The van der Waals surface area contributed by atoms with Crippen LogP contribution in [0.5, 0.6) is 0 Å². The predicted octanol–water partition coefficient (Wildman–Crippen LogP) is 5.09. The lowest BCUT2D eigenvalue weighted by atomic mass is 9.97.